The lowest BCUT2D eigenvalue weighted by Gasteiger charge is -2.37. The minimum absolute atomic E-state index is 0.342. The average Bonchev–Trinajstić information content (AvgIpc) is 3.94. The number of hydrogen-bond donors (Lipinski definition) is 0. The average molecular weight is 874 g/mol. The summed E-state index contributed by atoms with van der Waals surface area (Å²) in [5.74, 6) is 1.37. The molecule has 0 atom stereocenters. The molecule has 67 heavy (non-hydrogen) atoms. The summed E-state index contributed by atoms with van der Waals surface area (Å²) in [4.78, 5) is 7.38. The number of fused-ring (bicyclic) bond motifs is 3. The third-order valence-corrected chi connectivity index (χ3v) is 13.5. The van der Waals surface area contributed by atoms with Crippen LogP contribution in [-0.4, -0.2) is 4.57 Å². The van der Waals surface area contributed by atoms with Crippen molar-refractivity contribution in [2.45, 2.75) is 79.1 Å². The summed E-state index contributed by atoms with van der Waals surface area (Å²) in [6, 6.07) is 69.2. The summed E-state index contributed by atoms with van der Waals surface area (Å²) in [6.07, 6.45) is 5.75. The van der Waals surface area contributed by atoms with Crippen LogP contribution >= 0.6 is 0 Å². The van der Waals surface area contributed by atoms with E-state index in [0.717, 1.165) is 34.5 Å². The topological polar surface area (TPSA) is 14.7 Å². The van der Waals surface area contributed by atoms with Gasteiger partial charge in [-0.1, -0.05) is 183 Å². The number of para-hydroxylation sites is 4. The molecule has 0 spiro atoms. The minimum Gasteiger partial charge on any atom is -0.314 e. The Hall–Kier alpha value is -7.30. The Labute approximate surface area is 398 Å². The molecule has 8 aromatic carbocycles. The summed E-state index contributed by atoms with van der Waals surface area (Å²) in [7, 11) is 0. The molecular formula is C63H61N4. The first-order valence-electron chi connectivity index (χ1n) is 24.1. The number of hydrogen-bond acceptors (Lipinski definition) is 3. The van der Waals surface area contributed by atoms with Crippen LogP contribution in [0.4, 0.5) is 28.4 Å². The molecule has 1 aliphatic rings. The van der Waals surface area contributed by atoms with E-state index < -0.39 is 0 Å². The van der Waals surface area contributed by atoms with Crippen molar-refractivity contribution < 1.29 is 0 Å². The first kappa shape index (κ1) is 43.6. The SMILES string of the molecule is CC(C)c1cccc(C(C)C)c1N1C=CN(c2c(C(C)C)cccc2C(C)C)[C]1c1ccc(N(c2ccc(-c3ccccc3)cc2)c2ccc3c(c2)c2ccccc2n3-c2ccccc2)cc1. The Bertz CT molecular complexity index is 3070. The fraction of sp³-hybridized carbons (Fsp3) is 0.190. The third kappa shape index (κ3) is 7.99. The van der Waals surface area contributed by atoms with Crippen molar-refractivity contribution in [3.63, 3.8) is 0 Å². The third-order valence-electron chi connectivity index (χ3n) is 13.5. The lowest BCUT2D eigenvalue weighted by Crippen LogP contribution is -2.34. The second-order valence-electron chi connectivity index (χ2n) is 19.2. The van der Waals surface area contributed by atoms with Gasteiger partial charge in [0.1, 0.15) is 0 Å². The number of benzene rings is 8. The van der Waals surface area contributed by atoms with Gasteiger partial charge in [-0.05, 0) is 118 Å². The number of nitrogens with zero attached hydrogens (tertiary/aromatic N) is 4. The highest BCUT2D eigenvalue weighted by Crippen LogP contribution is 2.48. The van der Waals surface area contributed by atoms with Gasteiger partial charge in [0.15, 0.2) is 6.17 Å². The maximum Gasteiger partial charge on any atom is 0.195 e. The molecule has 0 amide bonds. The van der Waals surface area contributed by atoms with Gasteiger partial charge < -0.3 is 19.3 Å². The van der Waals surface area contributed by atoms with Crippen LogP contribution in [0.5, 0.6) is 0 Å². The minimum atomic E-state index is 0.342. The van der Waals surface area contributed by atoms with Crippen molar-refractivity contribution in [3.05, 3.63) is 234 Å². The van der Waals surface area contributed by atoms with Crippen LogP contribution in [0, 0.1) is 6.17 Å². The maximum atomic E-state index is 2.48. The van der Waals surface area contributed by atoms with E-state index >= 15 is 0 Å². The second kappa shape index (κ2) is 18.2. The predicted octanol–water partition coefficient (Wildman–Crippen LogP) is 17.7. The fourth-order valence-electron chi connectivity index (χ4n) is 10.2. The van der Waals surface area contributed by atoms with Crippen molar-refractivity contribution >= 4 is 50.2 Å². The van der Waals surface area contributed by atoms with E-state index in [-0.39, 0.29) is 0 Å². The molecule has 0 saturated heterocycles. The largest absolute Gasteiger partial charge is 0.314 e. The fourth-order valence-corrected chi connectivity index (χ4v) is 10.2. The zero-order valence-electron chi connectivity index (χ0n) is 40.2. The summed E-state index contributed by atoms with van der Waals surface area (Å²) < 4.78 is 2.39. The summed E-state index contributed by atoms with van der Waals surface area (Å²) >= 11 is 0. The predicted molar refractivity (Wildman–Crippen MR) is 287 cm³/mol. The molecule has 1 aromatic heterocycles. The Morgan fingerprint density at radius 1 is 0.343 bits per heavy atom. The number of rotatable bonds is 12. The monoisotopic (exact) mass is 873 g/mol. The second-order valence-corrected chi connectivity index (χ2v) is 19.2. The van der Waals surface area contributed by atoms with Gasteiger partial charge in [0, 0.05) is 51.5 Å². The lowest BCUT2D eigenvalue weighted by atomic mass is 9.90. The Morgan fingerprint density at radius 3 is 1.27 bits per heavy atom. The van der Waals surface area contributed by atoms with Crippen LogP contribution in [0.2, 0.25) is 0 Å². The number of anilines is 5. The standard InChI is InChI=1S/C63H61N4/c1-42(2)53-24-17-25-54(43(3)4)61(53)64-39-40-65(62-55(44(5)6)26-18-27-56(62)45(7)8)63(64)48-31-35-51(36-32-48)66(50-33-29-47(30-34-50)46-19-11-9-12-20-46)52-37-38-60-58(41-52)57-23-15-16-28-59(57)67(60)49-21-13-10-14-22-49/h9-45H,1-8H3. The maximum absolute atomic E-state index is 2.48. The Balaban J connectivity index is 1.15. The van der Waals surface area contributed by atoms with Gasteiger partial charge in [0.2, 0.25) is 0 Å². The highest BCUT2D eigenvalue weighted by atomic mass is 15.4. The number of aromatic nitrogens is 1. The quantitative estimate of drug-likeness (QED) is 0.122. The van der Waals surface area contributed by atoms with Crippen LogP contribution in [0.25, 0.3) is 38.6 Å². The molecule has 0 unspecified atom stereocenters. The molecule has 4 nitrogen and oxygen atoms in total. The van der Waals surface area contributed by atoms with Crippen LogP contribution in [0.1, 0.15) is 107 Å². The first-order valence-corrected chi connectivity index (χ1v) is 24.1. The van der Waals surface area contributed by atoms with E-state index in [1.54, 1.807) is 0 Å². The molecular weight excluding hydrogens is 813 g/mol. The van der Waals surface area contributed by atoms with E-state index in [0.29, 0.717) is 23.7 Å². The zero-order chi connectivity index (χ0) is 46.3. The van der Waals surface area contributed by atoms with Crippen molar-refractivity contribution in [3.8, 4) is 16.8 Å². The molecule has 9 aromatic rings. The molecule has 0 aliphatic carbocycles. The van der Waals surface area contributed by atoms with Gasteiger partial charge in [0.25, 0.3) is 0 Å². The van der Waals surface area contributed by atoms with E-state index in [9.17, 15) is 0 Å². The van der Waals surface area contributed by atoms with Crippen LogP contribution in [-0.2, 0) is 0 Å². The molecule has 1 aliphatic heterocycles. The molecule has 0 bridgehead atoms. The first-order chi connectivity index (χ1) is 32.6. The molecule has 0 N–H and O–H groups in total. The van der Waals surface area contributed by atoms with Crippen molar-refractivity contribution in [1.29, 1.82) is 0 Å². The summed E-state index contributed by atoms with van der Waals surface area (Å²) in [5, 5.41) is 2.45. The summed E-state index contributed by atoms with van der Waals surface area (Å²) in [6.45, 7) is 18.5. The zero-order valence-corrected chi connectivity index (χ0v) is 40.2. The van der Waals surface area contributed by atoms with E-state index in [1.165, 1.54) is 66.6 Å². The molecule has 0 fully saturated rings. The molecule has 4 heteroatoms. The van der Waals surface area contributed by atoms with Crippen LogP contribution in [0.15, 0.2) is 200 Å². The van der Waals surface area contributed by atoms with Crippen LogP contribution < -0.4 is 14.7 Å². The van der Waals surface area contributed by atoms with Crippen molar-refractivity contribution in [2.75, 3.05) is 14.7 Å². The van der Waals surface area contributed by atoms with Gasteiger partial charge in [0.05, 0.1) is 22.4 Å². The smallest absolute Gasteiger partial charge is 0.195 e. The van der Waals surface area contributed by atoms with Gasteiger partial charge in [-0.15, -0.1) is 0 Å². The van der Waals surface area contributed by atoms with Crippen molar-refractivity contribution in [1.82, 2.24) is 4.57 Å². The molecule has 333 valence electrons. The van der Waals surface area contributed by atoms with Gasteiger partial charge in [-0.25, -0.2) is 0 Å². The molecule has 2 heterocycles. The van der Waals surface area contributed by atoms with Gasteiger partial charge in [-0.2, -0.15) is 0 Å². The van der Waals surface area contributed by atoms with E-state index in [4.69, 9.17) is 0 Å². The van der Waals surface area contributed by atoms with E-state index in [1.807, 2.05) is 0 Å². The highest BCUT2D eigenvalue weighted by Gasteiger charge is 2.37. The molecule has 0 saturated carbocycles. The highest BCUT2D eigenvalue weighted by molar-refractivity contribution is 6.10. The summed E-state index contributed by atoms with van der Waals surface area (Å²) in [5.41, 5.74) is 18.3. The molecule has 10 rings (SSSR count). The van der Waals surface area contributed by atoms with E-state index in [2.05, 4.69) is 275 Å². The van der Waals surface area contributed by atoms with Crippen LogP contribution in [0.3, 0.4) is 0 Å². The van der Waals surface area contributed by atoms with Gasteiger partial charge >= 0.3 is 0 Å². The van der Waals surface area contributed by atoms with Gasteiger partial charge in [-0.3, -0.25) is 0 Å². The van der Waals surface area contributed by atoms with Crippen molar-refractivity contribution in [2.24, 2.45) is 0 Å². The molecule has 1 radical (unpaired) electrons. The lowest BCUT2D eigenvalue weighted by molar-refractivity contribution is 0.804. The Morgan fingerprint density at radius 2 is 0.761 bits per heavy atom. The normalized spacial score (nSPS) is 13.1. The Kier molecular flexibility index (Phi) is 11.8.